The standard InChI is InChI=1S/C36H72N2O6/c1-7-9-11-13-15-17-19-21-25-31(39)29-38(30-32(40)26-22-20-18-16-14-12-10-8-2)28-24-23-27-33(34(41)43-6)37-35(42)44-36(3,4)5/h31-33,39-40H,7-30H2,1-6H3,(H,37,42)/t31-,32-,33+/m1/s1. The summed E-state index contributed by atoms with van der Waals surface area (Å²) in [5.74, 6) is -0.491. The number of alkyl carbamates (subject to hydrolysis) is 1. The van der Waals surface area contributed by atoms with Gasteiger partial charge in [0.25, 0.3) is 0 Å². The maximum Gasteiger partial charge on any atom is 0.408 e. The van der Waals surface area contributed by atoms with Crippen LogP contribution < -0.4 is 5.32 Å². The van der Waals surface area contributed by atoms with E-state index in [1.165, 1.54) is 84.2 Å². The molecule has 262 valence electrons. The molecular formula is C36H72N2O6. The van der Waals surface area contributed by atoms with Crippen molar-refractivity contribution in [3.8, 4) is 0 Å². The summed E-state index contributed by atoms with van der Waals surface area (Å²) in [5, 5.41) is 24.3. The van der Waals surface area contributed by atoms with Crippen LogP contribution in [0.15, 0.2) is 0 Å². The first kappa shape index (κ1) is 42.6. The number of amides is 1. The van der Waals surface area contributed by atoms with E-state index in [9.17, 15) is 19.8 Å². The third-order valence-electron chi connectivity index (χ3n) is 8.11. The molecule has 8 nitrogen and oxygen atoms in total. The van der Waals surface area contributed by atoms with Gasteiger partial charge in [0, 0.05) is 13.1 Å². The predicted molar refractivity (Wildman–Crippen MR) is 182 cm³/mol. The predicted octanol–water partition coefficient (Wildman–Crippen LogP) is 8.31. The van der Waals surface area contributed by atoms with Crippen molar-refractivity contribution >= 4 is 12.1 Å². The Balaban J connectivity index is 4.76. The Morgan fingerprint density at radius 2 is 1.07 bits per heavy atom. The van der Waals surface area contributed by atoms with Gasteiger partial charge >= 0.3 is 12.1 Å². The molecular weight excluding hydrogens is 556 g/mol. The summed E-state index contributed by atoms with van der Waals surface area (Å²) in [4.78, 5) is 26.7. The minimum Gasteiger partial charge on any atom is -0.467 e. The SMILES string of the molecule is CCCCCCCCCC[C@@H](O)CN(CCCC[C@H](NC(=O)OC(C)(C)C)C(=O)OC)C[C@H](O)CCCCCCCCCC. The van der Waals surface area contributed by atoms with Crippen LogP contribution >= 0.6 is 0 Å². The van der Waals surface area contributed by atoms with Crippen LogP contribution in [0.4, 0.5) is 4.79 Å². The Hall–Kier alpha value is -1.38. The number of aliphatic hydroxyl groups is 2. The molecule has 0 spiro atoms. The van der Waals surface area contributed by atoms with Crippen LogP contribution in [-0.4, -0.2) is 77.8 Å². The first-order valence-corrected chi connectivity index (χ1v) is 18.2. The minimum atomic E-state index is -0.775. The van der Waals surface area contributed by atoms with E-state index in [0.29, 0.717) is 32.5 Å². The molecule has 44 heavy (non-hydrogen) atoms. The Kier molecular flexibility index (Phi) is 27.0. The molecule has 0 aliphatic carbocycles. The van der Waals surface area contributed by atoms with E-state index in [1.54, 1.807) is 20.8 Å². The number of carbonyl (C=O) groups excluding carboxylic acids is 2. The normalized spacial score (nSPS) is 13.9. The van der Waals surface area contributed by atoms with E-state index in [0.717, 1.165) is 44.9 Å². The number of carbonyl (C=O) groups is 2. The largest absolute Gasteiger partial charge is 0.467 e. The average molecular weight is 629 g/mol. The van der Waals surface area contributed by atoms with Crippen LogP contribution in [0.25, 0.3) is 0 Å². The second-order valence-corrected chi connectivity index (χ2v) is 13.8. The second-order valence-electron chi connectivity index (χ2n) is 13.8. The van der Waals surface area contributed by atoms with Crippen LogP contribution in [-0.2, 0) is 14.3 Å². The molecule has 0 saturated heterocycles. The van der Waals surface area contributed by atoms with Crippen molar-refractivity contribution in [1.29, 1.82) is 0 Å². The molecule has 0 aromatic heterocycles. The number of esters is 1. The van der Waals surface area contributed by atoms with Crippen molar-refractivity contribution in [3.05, 3.63) is 0 Å². The molecule has 0 heterocycles. The van der Waals surface area contributed by atoms with Crippen molar-refractivity contribution in [2.45, 2.75) is 193 Å². The van der Waals surface area contributed by atoms with Crippen molar-refractivity contribution in [1.82, 2.24) is 10.2 Å². The number of unbranched alkanes of at least 4 members (excludes halogenated alkanes) is 15. The summed E-state index contributed by atoms with van der Waals surface area (Å²) >= 11 is 0. The second kappa shape index (κ2) is 27.9. The molecule has 0 fully saturated rings. The molecule has 0 bridgehead atoms. The van der Waals surface area contributed by atoms with E-state index in [1.807, 2.05) is 0 Å². The molecule has 0 aromatic carbocycles. The summed E-state index contributed by atoms with van der Waals surface area (Å²) in [6, 6.07) is -0.775. The fourth-order valence-electron chi connectivity index (χ4n) is 5.59. The zero-order valence-corrected chi connectivity index (χ0v) is 29.7. The van der Waals surface area contributed by atoms with Gasteiger partial charge in [0.2, 0.25) is 0 Å². The number of hydrogen-bond acceptors (Lipinski definition) is 7. The highest BCUT2D eigenvalue weighted by atomic mass is 16.6. The quantitative estimate of drug-likeness (QED) is 0.0565. The summed E-state index contributed by atoms with van der Waals surface area (Å²) < 4.78 is 10.2. The number of ether oxygens (including phenoxy) is 2. The monoisotopic (exact) mass is 629 g/mol. The van der Waals surface area contributed by atoms with E-state index in [-0.39, 0.29) is 0 Å². The summed E-state index contributed by atoms with van der Waals surface area (Å²) in [7, 11) is 1.32. The van der Waals surface area contributed by atoms with Gasteiger partial charge in [-0.3, -0.25) is 4.90 Å². The number of aliphatic hydroxyl groups excluding tert-OH is 2. The fraction of sp³-hybridized carbons (Fsp3) is 0.944. The molecule has 0 radical (unpaired) electrons. The molecule has 3 atom stereocenters. The van der Waals surface area contributed by atoms with Crippen molar-refractivity contribution in [2.24, 2.45) is 0 Å². The highest BCUT2D eigenvalue weighted by Gasteiger charge is 2.25. The molecule has 0 unspecified atom stereocenters. The maximum atomic E-state index is 12.3. The molecule has 0 aliphatic rings. The molecule has 1 amide bonds. The van der Waals surface area contributed by atoms with Gasteiger partial charge in [-0.2, -0.15) is 0 Å². The van der Waals surface area contributed by atoms with Gasteiger partial charge in [-0.25, -0.2) is 9.59 Å². The molecule has 0 rings (SSSR count). The molecule has 3 N–H and O–H groups in total. The fourth-order valence-corrected chi connectivity index (χ4v) is 5.59. The van der Waals surface area contributed by atoms with Gasteiger partial charge in [-0.05, 0) is 59.4 Å². The zero-order chi connectivity index (χ0) is 33.1. The van der Waals surface area contributed by atoms with Crippen molar-refractivity contribution < 1.29 is 29.3 Å². The Morgan fingerprint density at radius 1 is 0.659 bits per heavy atom. The van der Waals surface area contributed by atoms with Gasteiger partial charge in [-0.1, -0.05) is 117 Å². The van der Waals surface area contributed by atoms with E-state index in [2.05, 4.69) is 24.1 Å². The van der Waals surface area contributed by atoms with Gasteiger partial charge in [-0.15, -0.1) is 0 Å². The van der Waals surface area contributed by atoms with E-state index >= 15 is 0 Å². The number of methoxy groups -OCH3 is 1. The summed E-state index contributed by atoms with van der Waals surface area (Å²) in [6.45, 7) is 11.6. The van der Waals surface area contributed by atoms with Crippen molar-refractivity contribution in [3.63, 3.8) is 0 Å². The lowest BCUT2D eigenvalue weighted by Crippen LogP contribution is -2.44. The lowest BCUT2D eigenvalue weighted by molar-refractivity contribution is -0.143. The molecule has 0 saturated carbocycles. The van der Waals surface area contributed by atoms with Crippen LogP contribution in [0.5, 0.6) is 0 Å². The minimum absolute atomic E-state index is 0.415. The zero-order valence-electron chi connectivity index (χ0n) is 29.7. The van der Waals surface area contributed by atoms with Crippen molar-refractivity contribution in [2.75, 3.05) is 26.7 Å². The third-order valence-corrected chi connectivity index (χ3v) is 8.11. The molecule has 0 aliphatic heterocycles. The number of hydrogen-bond donors (Lipinski definition) is 3. The van der Waals surface area contributed by atoms with Gasteiger partial charge in [0.1, 0.15) is 11.6 Å². The van der Waals surface area contributed by atoms with E-state index < -0.39 is 35.9 Å². The topological polar surface area (TPSA) is 108 Å². The highest BCUT2D eigenvalue weighted by Crippen LogP contribution is 2.15. The van der Waals surface area contributed by atoms with Gasteiger partial charge < -0.3 is 25.0 Å². The lowest BCUT2D eigenvalue weighted by atomic mass is 10.0. The first-order chi connectivity index (χ1) is 21.0. The Labute approximate surface area is 271 Å². The number of nitrogens with zero attached hydrogens (tertiary/aromatic N) is 1. The molecule has 8 heteroatoms. The van der Waals surface area contributed by atoms with Crippen LogP contribution in [0.2, 0.25) is 0 Å². The number of rotatable bonds is 29. The molecule has 0 aromatic rings. The number of nitrogens with one attached hydrogen (secondary N) is 1. The Bertz CT molecular complexity index is 656. The van der Waals surface area contributed by atoms with E-state index in [4.69, 9.17) is 9.47 Å². The van der Waals surface area contributed by atoms with Crippen LogP contribution in [0.1, 0.15) is 169 Å². The van der Waals surface area contributed by atoms with Crippen LogP contribution in [0, 0.1) is 0 Å². The summed E-state index contributed by atoms with van der Waals surface area (Å²) in [6.07, 6.45) is 21.8. The lowest BCUT2D eigenvalue weighted by Gasteiger charge is -2.28. The third kappa shape index (κ3) is 27.0. The van der Waals surface area contributed by atoms with Gasteiger partial charge in [0.05, 0.1) is 19.3 Å². The smallest absolute Gasteiger partial charge is 0.408 e. The Morgan fingerprint density at radius 3 is 1.48 bits per heavy atom. The average Bonchev–Trinajstić information content (AvgIpc) is 2.95. The summed E-state index contributed by atoms with van der Waals surface area (Å²) in [5.41, 5.74) is -0.657. The van der Waals surface area contributed by atoms with Gasteiger partial charge in [0.15, 0.2) is 0 Å². The van der Waals surface area contributed by atoms with Crippen LogP contribution in [0.3, 0.4) is 0 Å². The highest BCUT2D eigenvalue weighted by molar-refractivity contribution is 5.81. The first-order valence-electron chi connectivity index (χ1n) is 18.2. The maximum absolute atomic E-state index is 12.3.